The molecular weight excluding hydrogens is 238 g/mol. The molecule has 0 heterocycles. The number of halogens is 1. The maximum absolute atomic E-state index is 10.2. The van der Waals surface area contributed by atoms with Crippen molar-refractivity contribution in [1.82, 2.24) is 5.32 Å². The van der Waals surface area contributed by atoms with Gasteiger partial charge in [-0.1, -0.05) is 31.5 Å². The average Bonchev–Trinajstić information content (AvgIpc) is 2.27. The van der Waals surface area contributed by atoms with Crippen LogP contribution in [0.5, 0.6) is 5.75 Å². The quantitative estimate of drug-likeness (QED) is 0.852. The van der Waals surface area contributed by atoms with E-state index in [1.165, 1.54) is 0 Å². The summed E-state index contributed by atoms with van der Waals surface area (Å²) < 4.78 is 5.08. The third kappa shape index (κ3) is 3.87. The average molecular weight is 258 g/mol. The van der Waals surface area contributed by atoms with Gasteiger partial charge in [0.15, 0.2) is 0 Å². The number of ether oxygens (including phenoxy) is 1. The zero-order chi connectivity index (χ0) is 13.0. The van der Waals surface area contributed by atoms with E-state index >= 15 is 0 Å². The maximum atomic E-state index is 10.2. The van der Waals surface area contributed by atoms with E-state index in [0.29, 0.717) is 16.8 Å². The van der Waals surface area contributed by atoms with Crippen molar-refractivity contribution in [2.24, 2.45) is 0 Å². The summed E-state index contributed by atoms with van der Waals surface area (Å²) in [4.78, 5) is 0. The van der Waals surface area contributed by atoms with Crippen LogP contribution < -0.4 is 10.1 Å². The Kier molecular flexibility index (Phi) is 5.25. The Bertz CT molecular complexity index is 368. The number of hydrogen-bond acceptors (Lipinski definition) is 3. The molecular formula is C13H20ClNO2. The van der Waals surface area contributed by atoms with E-state index < -0.39 is 6.10 Å². The van der Waals surface area contributed by atoms with Gasteiger partial charge in [-0.15, -0.1) is 0 Å². The smallest absolute Gasteiger partial charge is 0.137 e. The van der Waals surface area contributed by atoms with Crippen LogP contribution in [-0.4, -0.2) is 24.3 Å². The summed E-state index contributed by atoms with van der Waals surface area (Å²) in [6.45, 7) is 6.04. The lowest BCUT2D eigenvalue weighted by molar-refractivity contribution is 0.131. The predicted octanol–water partition coefficient (Wildman–Crippen LogP) is 2.77. The van der Waals surface area contributed by atoms with Gasteiger partial charge in [0.25, 0.3) is 0 Å². The molecule has 3 nitrogen and oxygen atoms in total. The van der Waals surface area contributed by atoms with Gasteiger partial charge in [-0.3, -0.25) is 0 Å². The molecule has 2 N–H and O–H groups in total. The van der Waals surface area contributed by atoms with Gasteiger partial charge in [-0.25, -0.2) is 0 Å². The summed E-state index contributed by atoms with van der Waals surface area (Å²) in [7, 11) is 1.57. The predicted molar refractivity (Wildman–Crippen MR) is 70.7 cm³/mol. The molecule has 0 saturated carbocycles. The van der Waals surface area contributed by atoms with Crippen LogP contribution in [0.3, 0.4) is 0 Å². The lowest BCUT2D eigenvalue weighted by atomic mass is 10.0. The highest BCUT2D eigenvalue weighted by Gasteiger charge is 2.17. The second-order valence-corrected chi connectivity index (χ2v) is 4.86. The molecule has 0 aliphatic heterocycles. The molecule has 0 spiro atoms. The van der Waals surface area contributed by atoms with E-state index in [-0.39, 0.29) is 6.04 Å². The van der Waals surface area contributed by atoms with Gasteiger partial charge in [0.1, 0.15) is 5.75 Å². The molecule has 0 aliphatic rings. The first-order valence-corrected chi connectivity index (χ1v) is 6.11. The first-order chi connectivity index (χ1) is 7.95. The molecule has 0 aromatic heterocycles. The summed E-state index contributed by atoms with van der Waals surface area (Å²) in [5, 5.41) is 13.9. The number of hydrogen-bond donors (Lipinski definition) is 2. The van der Waals surface area contributed by atoms with Gasteiger partial charge < -0.3 is 15.2 Å². The third-order valence-corrected chi connectivity index (χ3v) is 2.88. The van der Waals surface area contributed by atoms with Crippen LogP contribution in [0.25, 0.3) is 0 Å². The fourth-order valence-corrected chi connectivity index (χ4v) is 2.04. The normalized spacial score (nSPS) is 14.8. The number of nitrogens with one attached hydrogen (secondary N) is 1. The largest absolute Gasteiger partial charge is 0.495 e. The second-order valence-electron chi connectivity index (χ2n) is 4.45. The highest BCUT2D eigenvalue weighted by Crippen LogP contribution is 2.28. The molecule has 2 atom stereocenters. The fraction of sp³-hybridized carbons (Fsp3) is 0.538. The summed E-state index contributed by atoms with van der Waals surface area (Å²) in [5.74, 6) is 0.618. The summed E-state index contributed by atoms with van der Waals surface area (Å²) in [6, 6.07) is 5.63. The van der Waals surface area contributed by atoms with Crippen LogP contribution in [0.15, 0.2) is 18.2 Å². The van der Waals surface area contributed by atoms with E-state index in [4.69, 9.17) is 16.3 Å². The van der Waals surface area contributed by atoms with Gasteiger partial charge >= 0.3 is 0 Å². The Labute approximate surface area is 108 Å². The summed E-state index contributed by atoms with van der Waals surface area (Å²) >= 11 is 6.03. The molecule has 0 aliphatic carbocycles. The fourth-order valence-electron chi connectivity index (χ4n) is 1.77. The second kappa shape index (κ2) is 6.24. The van der Waals surface area contributed by atoms with E-state index in [2.05, 4.69) is 5.32 Å². The van der Waals surface area contributed by atoms with Crippen LogP contribution in [0.4, 0.5) is 0 Å². The van der Waals surface area contributed by atoms with Gasteiger partial charge in [-0.2, -0.15) is 0 Å². The van der Waals surface area contributed by atoms with Crippen LogP contribution in [-0.2, 0) is 0 Å². The zero-order valence-electron chi connectivity index (χ0n) is 10.7. The molecule has 0 radical (unpaired) electrons. The van der Waals surface area contributed by atoms with E-state index in [0.717, 1.165) is 5.56 Å². The maximum Gasteiger partial charge on any atom is 0.137 e. The van der Waals surface area contributed by atoms with Crippen molar-refractivity contribution in [2.45, 2.75) is 39.0 Å². The minimum absolute atomic E-state index is 0.0283. The highest BCUT2D eigenvalue weighted by molar-refractivity contribution is 6.32. The van der Waals surface area contributed by atoms with Crippen molar-refractivity contribution < 1.29 is 9.84 Å². The Morgan fingerprint density at radius 3 is 2.41 bits per heavy atom. The topological polar surface area (TPSA) is 41.5 Å². The lowest BCUT2D eigenvalue weighted by Gasteiger charge is -2.23. The molecule has 0 bridgehead atoms. The third-order valence-electron chi connectivity index (χ3n) is 2.59. The molecule has 0 fully saturated rings. The van der Waals surface area contributed by atoms with Crippen molar-refractivity contribution in [3.05, 3.63) is 28.8 Å². The monoisotopic (exact) mass is 257 g/mol. The van der Waals surface area contributed by atoms with Gasteiger partial charge in [-0.05, 0) is 24.6 Å². The molecule has 4 heteroatoms. The molecule has 17 heavy (non-hydrogen) atoms. The van der Waals surface area contributed by atoms with Crippen molar-refractivity contribution in [1.29, 1.82) is 0 Å². The van der Waals surface area contributed by atoms with E-state index in [1.807, 2.05) is 26.8 Å². The van der Waals surface area contributed by atoms with Gasteiger partial charge in [0.05, 0.1) is 18.2 Å². The summed E-state index contributed by atoms with van der Waals surface area (Å²) in [6.07, 6.45) is -0.583. The van der Waals surface area contributed by atoms with Crippen molar-refractivity contribution in [2.75, 3.05) is 7.11 Å². The number of rotatable bonds is 5. The number of aliphatic hydroxyl groups excluding tert-OH is 1. The Morgan fingerprint density at radius 1 is 1.29 bits per heavy atom. The molecule has 1 rings (SSSR count). The van der Waals surface area contributed by atoms with Crippen LogP contribution in [0.2, 0.25) is 5.02 Å². The van der Waals surface area contributed by atoms with Gasteiger partial charge in [0.2, 0.25) is 0 Å². The SMILES string of the molecule is COc1ccc(C(O)C(C)NC(C)C)cc1Cl. The highest BCUT2D eigenvalue weighted by atomic mass is 35.5. The van der Waals surface area contributed by atoms with E-state index in [9.17, 15) is 5.11 Å². The number of methoxy groups -OCH3 is 1. The molecule has 96 valence electrons. The van der Waals surface area contributed by atoms with Crippen molar-refractivity contribution >= 4 is 11.6 Å². The van der Waals surface area contributed by atoms with Crippen molar-refractivity contribution in [3.8, 4) is 5.75 Å². The van der Waals surface area contributed by atoms with Gasteiger partial charge in [0, 0.05) is 12.1 Å². The van der Waals surface area contributed by atoms with Crippen LogP contribution >= 0.6 is 11.6 Å². The molecule has 2 unspecified atom stereocenters. The molecule has 1 aromatic carbocycles. The molecule has 0 saturated heterocycles. The Hall–Kier alpha value is -0.770. The minimum atomic E-state index is -0.583. The van der Waals surface area contributed by atoms with E-state index in [1.54, 1.807) is 19.2 Å². The first-order valence-electron chi connectivity index (χ1n) is 5.73. The number of benzene rings is 1. The summed E-state index contributed by atoms with van der Waals surface area (Å²) in [5.41, 5.74) is 0.788. The molecule has 1 aromatic rings. The van der Waals surface area contributed by atoms with Crippen LogP contribution in [0, 0.1) is 0 Å². The standard InChI is InChI=1S/C13H20ClNO2/c1-8(2)15-9(3)13(16)10-5-6-12(17-4)11(14)7-10/h5-9,13,15-16H,1-4H3. The Balaban J connectivity index is 2.82. The first kappa shape index (κ1) is 14.3. The van der Waals surface area contributed by atoms with Crippen molar-refractivity contribution in [3.63, 3.8) is 0 Å². The number of aliphatic hydroxyl groups is 1. The zero-order valence-corrected chi connectivity index (χ0v) is 11.5. The lowest BCUT2D eigenvalue weighted by Crippen LogP contribution is -2.36. The van der Waals surface area contributed by atoms with Crippen LogP contribution in [0.1, 0.15) is 32.4 Å². The Morgan fingerprint density at radius 2 is 1.94 bits per heavy atom. The molecule has 0 amide bonds. The minimum Gasteiger partial charge on any atom is -0.495 e.